The van der Waals surface area contributed by atoms with Crippen molar-refractivity contribution in [2.45, 2.75) is 0 Å². The number of hydrogen-bond acceptors (Lipinski definition) is 4. The van der Waals surface area contributed by atoms with Crippen molar-refractivity contribution in [3.8, 4) is 0 Å². The summed E-state index contributed by atoms with van der Waals surface area (Å²) in [6.07, 6.45) is 3.62. The largest absolute Gasteiger partial charge is 0.366 e. The van der Waals surface area contributed by atoms with Crippen LogP contribution in [0.3, 0.4) is 0 Å². The second-order valence-corrected chi connectivity index (χ2v) is 2.28. The van der Waals surface area contributed by atoms with E-state index in [1.807, 2.05) is 0 Å². The zero-order chi connectivity index (χ0) is 13.1. The van der Waals surface area contributed by atoms with Gasteiger partial charge in [0.2, 0.25) is 23.6 Å². The van der Waals surface area contributed by atoms with Crippen LogP contribution < -0.4 is 22.9 Å². The van der Waals surface area contributed by atoms with Gasteiger partial charge < -0.3 is 22.9 Å². The van der Waals surface area contributed by atoms with E-state index in [2.05, 4.69) is 22.9 Å². The Morgan fingerprint density at radius 3 is 0.688 bits per heavy atom. The van der Waals surface area contributed by atoms with Crippen molar-refractivity contribution in [1.82, 2.24) is 0 Å². The van der Waals surface area contributed by atoms with E-state index < -0.39 is 23.6 Å². The normalized spacial score (nSPS) is 9.50. The number of carbonyl (C=O) groups excluding carboxylic acids is 4. The number of nitrogens with two attached hydrogens (primary N) is 4. The minimum absolute atomic E-state index is 0.677. The van der Waals surface area contributed by atoms with Crippen LogP contribution in [0.4, 0.5) is 0 Å². The number of primary amides is 4. The summed E-state index contributed by atoms with van der Waals surface area (Å²) in [6, 6.07) is 0. The highest BCUT2D eigenvalue weighted by atomic mass is 16.2. The molecule has 0 unspecified atom stereocenters. The Labute approximate surface area is 90.9 Å². The van der Waals surface area contributed by atoms with Gasteiger partial charge in [-0.15, -0.1) is 0 Å². The molecule has 0 rings (SSSR count). The predicted molar refractivity (Wildman–Crippen MR) is 55.1 cm³/mol. The fourth-order valence-electron chi connectivity index (χ4n) is 0.329. The van der Waals surface area contributed by atoms with E-state index in [4.69, 9.17) is 0 Å². The molecule has 0 aliphatic heterocycles. The van der Waals surface area contributed by atoms with Gasteiger partial charge in [-0.05, 0) is 0 Å². The zero-order valence-electron chi connectivity index (χ0n) is 8.25. The average molecular weight is 228 g/mol. The lowest BCUT2D eigenvalue weighted by atomic mass is 10.5. The van der Waals surface area contributed by atoms with Gasteiger partial charge in [0, 0.05) is 24.3 Å². The van der Waals surface area contributed by atoms with Crippen LogP contribution in [-0.2, 0) is 19.2 Å². The van der Waals surface area contributed by atoms with E-state index in [0.717, 1.165) is 24.3 Å². The number of amides is 4. The molecule has 0 aromatic rings. The molecule has 8 nitrogen and oxygen atoms in total. The molecule has 8 N–H and O–H groups in total. The number of carbonyl (C=O) groups is 4. The van der Waals surface area contributed by atoms with Crippen molar-refractivity contribution < 1.29 is 19.2 Å². The monoisotopic (exact) mass is 228 g/mol. The fraction of sp³-hybridized carbons (Fsp3) is 0. The smallest absolute Gasteiger partial charge is 0.241 e. The van der Waals surface area contributed by atoms with E-state index in [-0.39, 0.29) is 0 Å². The molecular formula is C8H12N4O4. The highest BCUT2D eigenvalue weighted by Gasteiger charge is 1.84. The van der Waals surface area contributed by atoms with Gasteiger partial charge in [-0.1, -0.05) is 0 Å². The van der Waals surface area contributed by atoms with Crippen LogP contribution in [0.2, 0.25) is 0 Å². The van der Waals surface area contributed by atoms with Gasteiger partial charge in [-0.2, -0.15) is 0 Å². The van der Waals surface area contributed by atoms with Crippen molar-refractivity contribution in [3.63, 3.8) is 0 Å². The first-order valence-corrected chi connectivity index (χ1v) is 3.79. The highest BCUT2D eigenvalue weighted by Crippen LogP contribution is 1.66. The van der Waals surface area contributed by atoms with E-state index in [1.54, 1.807) is 0 Å². The third-order valence-electron chi connectivity index (χ3n) is 0.824. The Kier molecular flexibility index (Phi) is 8.83. The Balaban J connectivity index is 0. The molecule has 88 valence electrons. The van der Waals surface area contributed by atoms with Crippen molar-refractivity contribution >= 4 is 23.6 Å². The zero-order valence-corrected chi connectivity index (χ0v) is 8.25. The van der Waals surface area contributed by atoms with E-state index in [9.17, 15) is 19.2 Å². The molecule has 0 heterocycles. The average Bonchev–Trinajstić information content (AvgIpc) is 2.12. The topological polar surface area (TPSA) is 172 Å². The van der Waals surface area contributed by atoms with Crippen LogP contribution in [0.25, 0.3) is 0 Å². The van der Waals surface area contributed by atoms with Crippen molar-refractivity contribution in [3.05, 3.63) is 24.3 Å². The molecule has 0 spiro atoms. The maximum Gasteiger partial charge on any atom is 0.241 e. The molecule has 0 atom stereocenters. The SMILES string of the molecule is NC(=O)C=CC(N)=O.NC(=O)C=CC(N)=O. The summed E-state index contributed by atoms with van der Waals surface area (Å²) in [5.74, 6) is -2.71. The Morgan fingerprint density at radius 2 is 0.625 bits per heavy atom. The van der Waals surface area contributed by atoms with Crippen LogP contribution in [0.5, 0.6) is 0 Å². The molecular weight excluding hydrogens is 216 g/mol. The molecule has 0 bridgehead atoms. The first-order chi connectivity index (χ1) is 7.25. The molecule has 16 heavy (non-hydrogen) atoms. The van der Waals surface area contributed by atoms with Gasteiger partial charge in [0.1, 0.15) is 0 Å². The van der Waals surface area contributed by atoms with Crippen LogP contribution in [0, 0.1) is 0 Å². The molecule has 0 saturated carbocycles. The summed E-state index contributed by atoms with van der Waals surface area (Å²) in [5, 5.41) is 0. The molecule has 0 aliphatic rings. The van der Waals surface area contributed by atoms with Gasteiger partial charge in [0.25, 0.3) is 0 Å². The van der Waals surface area contributed by atoms with Crippen LogP contribution >= 0.6 is 0 Å². The van der Waals surface area contributed by atoms with Crippen molar-refractivity contribution in [1.29, 1.82) is 0 Å². The Bertz CT molecular complexity index is 280. The molecule has 4 amide bonds. The fourth-order valence-corrected chi connectivity index (χ4v) is 0.329. The van der Waals surface area contributed by atoms with Gasteiger partial charge in [0.05, 0.1) is 0 Å². The lowest BCUT2D eigenvalue weighted by molar-refractivity contribution is -0.115. The molecule has 0 saturated heterocycles. The summed E-state index contributed by atoms with van der Waals surface area (Å²) < 4.78 is 0. The van der Waals surface area contributed by atoms with Gasteiger partial charge in [-0.3, -0.25) is 19.2 Å². The number of hydrogen-bond donors (Lipinski definition) is 4. The molecule has 0 aliphatic carbocycles. The van der Waals surface area contributed by atoms with Crippen molar-refractivity contribution in [2.75, 3.05) is 0 Å². The third kappa shape index (κ3) is 22.5. The second kappa shape index (κ2) is 8.94. The molecule has 0 aromatic heterocycles. The summed E-state index contributed by atoms with van der Waals surface area (Å²) >= 11 is 0. The molecule has 0 fully saturated rings. The summed E-state index contributed by atoms with van der Waals surface area (Å²) in [5.41, 5.74) is 18.4. The molecule has 0 radical (unpaired) electrons. The minimum atomic E-state index is -0.677. The van der Waals surface area contributed by atoms with Crippen LogP contribution in [-0.4, -0.2) is 23.6 Å². The van der Waals surface area contributed by atoms with E-state index in [0.29, 0.717) is 0 Å². The summed E-state index contributed by atoms with van der Waals surface area (Å²) in [6.45, 7) is 0. The first-order valence-electron chi connectivity index (χ1n) is 3.79. The van der Waals surface area contributed by atoms with E-state index >= 15 is 0 Å². The quantitative estimate of drug-likeness (QED) is 0.376. The van der Waals surface area contributed by atoms with E-state index in [1.165, 1.54) is 0 Å². The molecule has 8 heteroatoms. The second-order valence-electron chi connectivity index (χ2n) is 2.28. The standard InChI is InChI=1S/2C4H6N2O2/c2*5-3(7)1-2-4(6)8/h2*1-2H,(H2,5,7)(H2,6,8). The maximum absolute atomic E-state index is 9.83. The summed E-state index contributed by atoms with van der Waals surface area (Å²) in [4.78, 5) is 39.3. The van der Waals surface area contributed by atoms with Crippen LogP contribution in [0.15, 0.2) is 24.3 Å². The summed E-state index contributed by atoms with van der Waals surface area (Å²) in [7, 11) is 0. The minimum Gasteiger partial charge on any atom is -0.366 e. The highest BCUT2D eigenvalue weighted by molar-refractivity contribution is 5.95. The Hall–Kier alpha value is -2.64. The van der Waals surface area contributed by atoms with Crippen molar-refractivity contribution in [2.24, 2.45) is 22.9 Å². The lowest BCUT2D eigenvalue weighted by Crippen LogP contribution is -2.10. The third-order valence-corrected chi connectivity index (χ3v) is 0.824. The Morgan fingerprint density at radius 1 is 0.500 bits per heavy atom. The maximum atomic E-state index is 9.83. The lowest BCUT2D eigenvalue weighted by Gasteiger charge is -1.76. The van der Waals surface area contributed by atoms with Crippen LogP contribution in [0.1, 0.15) is 0 Å². The predicted octanol–water partition coefficient (Wildman–Crippen LogP) is -2.97. The number of rotatable bonds is 4. The van der Waals surface area contributed by atoms with Gasteiger partial charge in [-0.25, -0.2) is 0 Å². The first kappa shape index (κ1) is 15.8. The van der Waals surface area contributed by atoms with Gasteiger partial charge >= 0.3 is 0 Å². The van der Waals surface area contributed by atoms with Gasteiger partial charge in [0.15, 0.2) is 0 Å². The molecule has 0 aromatic carbocycles.